The zero-order valence-electron chi connectivity index (χ0n) is 18.6. The Morgan fingerprint density at radius 1 is 1.05 bits per heavy atom. The van der Waals surface area contributed by atoms with E-state index in [0.29, 0.717) is 15.6 Å². The molecule has 2 aromatic rings. The van der Waals surface area contributed by atoms with Crippen LogP contribution in [0.15, 0.2) is 48.5 Å². The maximum absolute atomic E-state index is 12.9. The zero-order valence-corrected chi connectivity index (χ0v) is 20.9. The molecule has 1 aliphatic heterocycles. The molecule has 1 aliphatic rings. The molecule has 0 spiro atoms. The summed E-state index contributed by atoms with van der Waals surface area (Å²) in [7, 11) is 0. The van der Waals surface area contributed by atoms with Crippen LogP contribution in [0.2, 0.25) is 10.0 Å². The minimum absolute atomic E-state index is 0.273. The summed E-state index contributed by atoms with van der Waals surface area (Å²) >= 11 is 12.9. The Morgan fingerprint density at radius 3 is 2.05 bits per heavy atom. The maximum atomic E-state index is 12.9. The maximum Gasteiger partial charge on any atom is 0.490 e. The number of nitrogens with zero attached hydrogens (tertiary/aromatic N) is 2. The van der Waals surface area contributed by atoms with Gasteiger partial charge in [0.15, 0.2) is 12.2 Å². The second-order valence-corrected chi connectivity index (χ2v) is 8.98. The van der Waals surface area contributed by atoms with Gasteiger partial charge in [-0.2, -0.15) is 13.2 Å². The van der Waals surface area contributed by atoms with E-state index >= 15 is 0 Å². The summed E-state index contributed by atoms with van der Waals surface area (Å²) in [5, 5.41) is 11.0. The van der Waals surface area contributed by atoms with Gasteiger partial charge >= 0.3 is 24.1 Å². The third-order valence-corrected chi connectivity index (χ3v) is 5.96. The van der Waals surface area contributed by atoms with Crippen molar-refractivity contribution in [3.05, 3.63) is 69.7 Å². The molecular weight excluding hydrogens is 564 g/mol. The number of carbonyl (C=O) groups excluding carboxylic acids is 3. The van der Waals surface area contributed by atoms with Crippen LogP contribution in [0.3, 0.4) is 0 Å². The summed E-state index contributed by atoms with van der Waals surface area (Å²) in [5.74, 6) is -3.82. The van der Waals surface area contributed by atoms with Crippen molar-refractivity contribution in [1.29, 1.82) is 0 Å². The summed E-state index contributed by atoms with van der Waals surface area (Å²) < 4.78 is 38.2. The molecule has 2 aromatic carbocycles. The van der Waals surface area contributed by atoms with Crippen molar-refractivity contribution in [3.8, 4) is 0 Å². The number of amides is 3. The number of halogens is 5. The van der Waals surface area contributed by atoms with Gasteiger partial charge in [0.05, 0.1) is 13.1 Å². The van der Waals surface area contributed by atoms with Gasteiger partial charge < -0.3 is 20.9 Å². The molecular formula is C21H19Cl2F3N4O6S. The first-order valence-electron chi connectivity index (χ1n) is 10.0. The average molecular weight is 583 g/mol. The van der Waals surface area contributed by atoms with Gasteiger partial charge in [0.25, 0.3) is 5.91 Å². The number of rotatable bonds is 7. The number of hydrogen-bond donors (Lipinski definition) is 3. The first kappa shape index (κ1) is 30.0. The molecule has 3 amide bonds. The summed E-state index contributed by atoms with van der Waals surface area (Å²) in [5.41, 5.74) is 5.70. The lowest BCUT2D eigenvalue weighted by Gasteiger charge is -2.22. The number of benzene rings is 2. The number of carboxylic acid groups (broad SMARTS) is 1. The highest BCUT2D eigenvalue weighted by Gasteiger charge is 2.40. The van der Waals surface area contributed by atoms with Crippen molar-refractivity contribution in [3.63, 3.8) is 0 Å². The van der Waals surface area contributed by atoms with E-state index in [9.17, 15) is 27.6 Å². The number of alkyl halides is 3. The van der Waals surface area contributed by atoms with Crippen molar-refractivity contribution in [2.75, 3.05) is 13.3 Å². The van der Waals surface area contributed by atoms with Gasteiger partial charge in [0.1, 0.15) is 0 Å². The summed E-state index contributed by atoms with van der Waals surface area (Å²) in [6.07, 6.45) is -5.08. The molecule has 1 fully saturated rings. The highest BCUT2D eigenvalue weighted by molar-refractivity contribution is 7.98. The Balaban J connectivity index is 0.000000604. The molecule has 1 saturated heterocycles. The standard InChI is InChI=1S/C19H18Cl2N4O4S.C2HF3O2/c20-14-5-1-12(2-6-14)10-25-19(28)24(11-29-16(26)9-22)18(30-25)23-17(27)13-3-7-15(21)8-4-13;3-2(4,5)1(6)7/h1-8,18H,9-11,22H2,(H,23,27);(H,6,7). The molecule has 4 N–H and O–H groups in total. The topological polar surface area (TPSA) is 142 Å². The number of ether oxygens (including phenoxy) is 1. The van der Waals surface area contributed by atoms with Crippen LogP contribution in [0.25, 0.3) is 0 Å². The highest BCUT2D eigenvalue weighted by atomic mass is 35.5. The van der Waals surface area contributed by atoms with E-state index in [1.54, 1.807) is 48.5 Å². The predicted molar refractivity (Wildman–Crippen MR) is 128 cm³/mol. The summed E-state index contributed by atoms with van der Waals surface area (Å²) in [4.78, 5) is 47.0. The van der Waals surface area contributed by atoms with E-state index in [-0.39, 0.29) is 19.8 Å². The lowest BCUT2D eigenvalue weighted by atomic mass is 10.2. The molecule has 1 atom stereocenters. The number of nitrogens with one attached hydrogen (secondary N) is 1. The van der Waals surface area contributed by atoms with Crippen molar-refractivity contribution >= 4 is 59.0 Å². The van der Waals surface area contributed by atoms with Gasteiger partial charge in [-0.3, -0.25) is 18.8 Å². The average Bonchev–Trinajstić information content (AvgIpc) is 3.12. The van der Waals surface area contributed by atoms with Crippen LogP contribution in [-0.4, -0.2) is 63.1 Å². The fourth-order valence-electron chi connectivity index (χ4n) is 2.55. The summed E-state index contributed by atoms with van der Waals surface area (Å²) in [6.45, 7) is -0.384. The van der Waals surface area contributed by atoms with Gasteiger partial charge in [-0.05, 0) is 42.0 Å². The molecule has 200 valence electrons. The number of carboxylic acids is 1. The van der Waals surface area contributed by atoms with Crippen LogP contribution in [0.4, 0.5) is 18.0 Å². The lowest BCUT2D eigenvalue weighted by molar-refractivity contribution is -0.192. The fourth-order valence-corrected chi connectivity index (χ4v) is 3.89. The normalized spacial score (nSPS) is 15.1. The Bertz CT molecular complexity index is 1120. The van der Waals surface area contributed by atoms with E-state index < -0.39 is 35.6 Å². The first-order valence-corrected chi connectivity index (χ1v) is 11.6. The van der Waals surface area contributed by atoms with Crippen LogP contribution in [0.1, 0.15) is 15.9 Å². The van der Waals surface area contributed by atoms with Gasteiger partial charge in [0, 0.05) is 27.6 Å². The smallest absolute Gasteiger partial charge is 0.475 e. The van der Waals surface area contributed by atoms with E-state index in [4.69, 9.17) is 43.6 Å². The van der Waals surface area contributed by atoms with E-state index in [1.807, 2.05) is 0 Å². The SMILES string of the molecule is NCC(=O)OCN1C(=O)N(Cc2ccc(Cl)cc2)SC1NC(=O)c1ccc(Cl)cc1.O=C(O)C(F)(F)F. The number of urea groups is 1. The molecule has 1 unspecified atom stereocenters. The lowest BCUT2D eigenvalue weighted by Crippen LogP contribution is -2.46. The number of hydrogen-bond acceptors (Lipinski definition) is 7. The minimum Gasteiger partial charge on any atom is -0.475 e. The minimum atomic E-state index is -5.08. The Morgan fingerprint density at radius 2 is 1.57 bits per heavy atom. The van der Waals surface area contributed by atoms with Crippen molar-refractivity contribution in [1.82, 2.24) is 14.5 Å². The molecule has 37 heavy (non-hydrogen) atoms. The van der Waals surface area contributed by atoms with Crippen molar-refractivity contribution in [2.24, 2.45) is 5.73 Å². The van der Waals surface area contributed by atoms with Gasteiger partial charge in [-0.15, -0.1) is 0 Å². The molecule has 1 heterocycles. The molecule has 0 saturated carbocycles. The van der Waals surface area contributed by atoms with Gasteiger partial charge in [-0.1, -0.05) is 35.3 Å². The van der Waals surface area contributed by atoms with Crippen LogP contribution < -0.4 is 11.1 Å². The second kappa shape index (κ2) is 13.4. The number of esters is 1. The molecule has 16 heteroatoms. The van der Waals surface area contributed by atoms with Gasteiger partial charge in [0.2, 0.25) is 0 Å². The van der Waals surface area contributed by atoms with E-state index in [0.717, 1.165) is 17.5 Å². The largest absolute Gasteiger partial charge is 0.490 e. The van der Waals surface area contributed by atoms with E-state index in [1.165, 1.54) is 9.21 Å². The zero-order chi connectivity index (χ0) is 27.8. The Labute approximate surface area is 222 Å². The van der Waals surface area contributed by atoms with Crippen LogP contribution in [-0.2, 0) is 20.9 Å². The number of carbonyl (C=O) groups is 4. The van der Waals surface area contributed by atoms with Gasteiger partial charge in [-0.25, -0.2) is 9.59 Å². The third kappa shape index (κ3) is 9.31. The Kier molecular flexibility index (Phi) is 10.9. The quantitative estimate of drug-likeness (QED) is 0.331. The Hall–Kier alpha value is -3.20. The molecule has 0 aromatic heterocycles. The highest BCUT2D eigenvalue weighted by Crippen LogP contribution is 2.31. The monoisotopic (exact) mass is 582 g/mol. The molecule has 3 rings (SSSR count). The van der Waals surface area contributed by atoms with Crippen molar-refractivity contribution < 1.29 is 42.2 Å². The molecule has 0 bridgehead atoms. The fraction of sp³-hybridized carbons (Fsp3) is 0.238. The second-order valence-electron chi connectivity index (χ2n) is 7.01. The molecule has 0 aliphatic carbocycles. The van der Waals surface area contributed by atoms with E-state index in [2.05, 4.69) is 5.32 Å². The number of nitrogens with two attached hydrogens (primary N) is 1. The molecule has 0 radical (unpaired) electrons. The third-order valence-electron chi connectivity index (χ3n) is 4.34. The van der Waals surface area contributed by atoms with Crippen LogP contribution in [0, 0.1) is 0 Å². The van der Waals surface area contributed by atoms with Crippen LogP contribution >= 0.6 is 35.1 Å². The first-order chi connectivity index (χ1) is 17.3. The molecule has 10 nitrogen and oxygen atoms in total. The van der Waals surface area contributed by atoms with Crippen molar-refractivity contribution in [2.45, 2.75) is 18.2 Å². The summed E-state index contributed by atoms with van der Waals surface area (Å²) in [6, 6.07) is 13.0. The van der Waals surface area contributed by atoms with Crippen LogP contribution in [0.5, 0.6) is 0 Å². The predicted octanol–water partition coefficient (Wildman–Crippen LogP) is 3.69. The number of aliphatic carboxylic acids is 1.